The summed E-state index contributed by atoms with van der Waals surface area (Å²) < 4.78 is 0. The van der Waals surface area contributed by atoms with Gasteiger partial charge in [0.1, 0.15) is 0 Å². The first-order chi connectivity index (χ1) is 12.1. The van der Waals surface area contributed by atoms with Gasteiger partial charge in [0, 0.05) is 16.9 Å². The average Bonchev–Trinajstić information content (AvgIpc) is 2.63. The second-order valence-electron chi connectivity index (χ2n) is 5.38. The third-order valence-electron chi connectivity index (χ3n) is 3.60. The fourth-order valence-corrected chi connectivity index (χ4v) is 2.38. The molecule has 0 saturated heterocycles. The number of para-hydroxylation sites is 1. The third kappa shape index (κ3) is 4.03. The number of benzene rings is 3. The van der Waals surface area contributed by atoms with Crippen LogP contribution in [0.5, 0.6) is 0 Å². The van der Waals surface area contributed by atoms with E-state index in [0.29, 0.717) is 11.3 Å². The first-order valence-electron chi connectivity index (χ1n) is 7.69. The smallest absolute Gasteiger partial charge is 0.337 e. The number of anilines is 3. The molecule has 3 N–H and O–H groups in total. The SMILES string of the molecule is O=C(Nc1cc(Nc2ccccc2)ccc1C(=O)O)c1ccccc1. The van der Waals surface area contributed by atoms with Gasteiger partial charge in [0.05, 0.1) is 11.3 Å². The average molecular weight is 332 g/mol. The Bertz CT molecular complexity index is 893. The Labute approximate surface area is 144 Å². The number of carboxylic acids is 1. The summed E-state index contributed by atoms with van der Waals surface area (Å²) in [5.41, 5.74) is 2.27. The van der Waals surface area contributed by atoms with Crippen molar-refractivity contribution in [3.8, 4) is 0 Å². The van der Waals surface area contributed by atoms with E-state index in [1.165, 1.54) is 6.07 Å². The molecule has 25 heavy (non-hydrogen) atoms. The van der Waals surface area contributed by atoms with Crippen molar-refractivity contribution < 1.29 is 14.7 Å². The minimum atomic E-state index is -1.10. The van der Waals surface area contributed by atoms with Crippen LogP contribution in [0.4, 0.5) is 17.1 Å². The highest BCUT2D eigenvalue weighted by Crippen LogP contribution is 2.24. The van der Waals surface area contributed by atoms with Crippen molar-refractivity contribution >= 4 is 28.9 Å². The van der Waals surface area contributed by atoms with Gasteiger partial charge in [0.25, 0.3) is 5.91 Å². The van der Waals surface area contributed by atoms with Gasteiger partial charge in [0.2, 0.25) is 0 Å². The summed E-state index contributed by atoms with van der Waals surface area (Å²) in [6, 6.07) is 22.9. The highest BCUT2D eigenvalue weighted by atomic mass is 16.4. The Kier molecular flexibility index (Phi) is 4.76. The van der Waals surface area contributed by atoms with Gasteiger partial charge < -0.3 is 15.7 Å². The predicted octanol–water partition coefficient (Wildman–Crippen LogP) is 4.38. The Balaban J connectivity index is 1.89. The Morgan fingerprint density at radius 1 is 0.760 bits per heavy atom. The van der Waals surface area contributed by atoms with Gasteiger partial charge in [-0.2, -0.15) is 0 Å². The van der Waals surface area contributed by atoms with E-state index >= 15 is 0 Å². The standard InChI is InChI=1S/C20H16N2O3/c23-19(14-7-3-1-4-8-14)22-18-13-16(11-12-17(18)20(24)25)21-15-9-5-2-6-10-15/h1-13,21H,(H,22,23)(H,24,25). The van der Waals surface area contributed by atoms with Crippen molar-refractivity contribution in [1.82, 2.24) is 0 Å². The molecule has 0 bridgehead atoms. The largest absolute Gasteiger partial charge is 0.478 e. The summed E-state index contributed by atoms with van der Waals surface area (Å²) in [6.07, 6.45) is 0. The molecular formula is C20H16N2O3. The molecule has 5 heteroatoms. The summed E-state index contributed by atoms with van der Waals surface area (Å²) in [5.74, 6) is -1.46. The van der Waals surface area contributed by atoms with Crippen LogP contribution in [0.2, 0.25) is 0 Å². The molecule has 124 valence electrons. The first kappa shape index (κ1) is 16.3. The van der Waals surface area contributed by atoms with Crippen molar-refractivity contribution in [1.29, 1.82) is 0 Å². The first-order valence-corrected chi connectivity index (χ1v) is 7.69. The third-order valence-corrected chi connectivity index (χ3v) is 3.60. The fraction of sp³-hybridized carbons (Fsp3) is 0. The molecule has 1 amide bonds. The highest BCUT2D eigenvalue weighted by Gasteiger charge is 2.14. The number of amides is 1. The van der Waals surface area contributed by atoms with Crippen LogP contribution in [0, 0.1) is 0 Å². The highest BCUT2D eigenvalue weighted by molar-refractivity contribution is 6.08. The van der Waals surface area contributed by atoms with Crippen LogP contribution in [0.3, 0.4) is 0 Å². The number of carbonyl (C=O) groups excluding carboxylic acids is 1. The zero-order valence-corrected chi connectivity index (χ0v) is 13.3. The maximum atomic E-state index is 12.3. The van der Waals surface area contributed by atoms with Gasteiger partial charge in [-0.05, 0) is 42.5 Å². The molecule has 0 aromatic heterocycles. The Morgan fingerprint density at radius 3 is 2.04 bits per heavy atom. The number of hydrogen-bond acceptors (Lipinski definition) is 3. The molecule has 0 unspecified atom stereocenters. The molecule has 0 aliphatic heterocycles. The van der Waals surface area contributed by atoms with Crippen molar-refractivity contribution in [2.24, 2.45) is 0 Å². The van der Waals surface area contributed by atoms with Gasteiger partial charge in [-0.1, -0.05) is 36.4 Å². The molecule has 3 aromatic carbocycles. The molecule has 0 fully saturated rings. The van der Waals surface area contributed by atoms with Crippen LogP contribution in [0.25, 0.3) is 0 Å². The van der Waals surface area contributed by atoms with Crippen LogP contribution in [0.15, 0.2) is 78.9 Å². The Morgan fingerprint density at radius 2 is 1.40 bits per heavy atom. The molecule has 0 radical (unpaired) electrons. The molecule has 0 aliphatic rings. The molecule has 0 heterocycles. The topological polar surface area (TPSA) is 78.4 Å². The van der Waals surface area contributed by atoms with E-state index in [4.69, 9.17) is 0 Å². The summed E-state index contributed by atoms with van der Waals surface area (Å²) in [7, 11) is 0. The number of rotatable bonds is 5. The van der Waals surface area contributed by atoms with Crippen LogP contribution in [-0.4, -0.2) is 17.0 Å². The molecule has 3 rings (SSSR count). The quantitative estimate of drug-likeness (QED) is 0.648. The lowest BCUT2D eigenvalue weighted by Crippen LogP contribution is -2.15. The second kappa shape index (κ2) is 7.31. The summed E-state index contributed by atoms with van der Waals surface area (Å²) in [6.45, 7) is 0. The molecule has 3 aromatic rings. The Hall–Kier alpha value is -3.60. The van der Waals surface area contributed by atoms with Crippen molar-refractivity contribution in [2.75, 3.05) is 10.6 Å². The van der Waals surface area contributed by atoms with Gasteiger partial charge in [-0.25, -0.2) is 4.79 Å². The maximum Gasteiger partial charge on any atom is 0.337 e. The summed E-state index contributed by atoms with van der Waals surface area (Å²) in [4.78, 5) is 23.8. The van der Waals surface area contributed by atoms with Crippen molar-refractivity contribution in [3.63, 3.8) is 0 Å². The maximum absolute atomic E-state index is 12.3. The fourth-order valence-electron chi connectivity index (χ4n) is 2.38. The van der Waals surface area contributed by atoms with E-state index in [-0.39, 0.29) is 17.2 Å². The lowest BCUT2D eigenvalue weighted by Gasteiger charge is -2.12. The minimum absolute atomic E-state index is 0.0305. The number of hydrogen-bond donors (Lipinski definition) is 3. The van der Waals surface area contributed by atoms with Gasteiger partial charge in [-0.3, -0.25) is 4.79 Å². The summed E-state index contributed by atoms with van der Waals surface area (Å²) in [5, 5.41) is 15.2. The molecule has 0 saturated carbocycles. The van der Waals surface area contributed by atoms with E-state index in [1.807, 2.05) is 36.4 Å². The number of carbonyl (C=O) groups is 2. The van der Waals surface area contributed by atoms with Gasteiger partial charge >= 0.3 is 5.97 Å². The molecule has 0 aliphatic carbocycles. The van der Waals surface area contributed by atoms with Crippen LogP contribution >= 0.6 is 0 Å². The predicted molar refractivity (Wildman–Crippen MR) is 97.5 cm³/mol. The van der Waals surface area contributed by atoms with E-state index in [9.17, 15) is 14.7 Å². The lowest BCUT2D eigenvalue weighted by molar-refractivity contribution is 0.0698. The van der Waals surface area contributed by atoms with Gasteiger partial charge in [0.15, 0.2) is 0 Å². The molecule has 5 nitrogen and oxygen atoms in total. The zero-order chi connectivity index (χ0) is 17.6. The molecular weight excluding hydrogens is 316 g/mol. The zero-order valence-electron chi connectivity index (χ0n) is 13.3. The number of carboxylic acid groups (broad SMARTS) is 1. The number of nitrogens with one attached hydrogen (secondary N) is 2. The lowest BCUT2D eigenvalue weighted by atomic mass is 10.1. The number of aromatic carboxylic acids is 1. The summed E-state index contributed by atoms with van der Waals surface area (Å²) >= 11 is 0. The van der Waals surface area contributed by atoms with E-state index in [1.54, 1.807) is 36.4 Å². The van der Waals surface area contributed by atoms with Crippen LogP contribution in [0.1, 0.15) is 20.7 Å². The minimum Gasteiger partial charge on any atom is -0.478 e. The van der Waals surface area contributed by atoms with Crippen LogP contribution in [-0.2, 0) is 0 Å². The van der Waals surface area contributed by atoms with E-state index in [2.05, 4.69) is 10.6 Å². The van der Waals surface area contributed by atoms with Crippen LogP contribution < -0.4 is 10.6 Å². The van der Waals surface area contributed by atoms with Crippen molar-refractivity contribution in [2.45, 2.75) is 0 Å². The normalized spacial score (nSPS) is 10.1. The van der Waals surface area contributed by atoms with Crippen molar-refractivity contribution in [3.05, 3.63) is 90.0 Å². The monoisotopic (exact) mass is 332 g/mol. The van der Waals surface area contributed by atoms with E-state index in [0.717, 1.165) is 5.69 Å². The van der Waals surface area contributed by atoms with E-state index < -0.39 is 5.97 Å². The molecule has 0 spiro atoms. The van der Waals surface area contributed by atoms with Gasteiger partial charge in [-0.15, -0.1) is 0 Å². The molecule has 0 atom stereocenters. The second-order valence-corrected chi connectivity index (χ2v) is 5.38.